The van der Waals surface area contributed by atoms with Gasteiger partial charge in [0.25, 0.3) is 0 Å². The summed E-state index contributed by atoms with van der Waals surface area (Å²) in [5, 5.41) is 14.1. The van der Waals surface area contributed by atoms with Gasteiger partial charge in [0.2, 0.25) is 0 Å². The number of methoxy groups -OCH3 is 1. The molecule has 0 saturated carbocycles. The minimum absolute atomic E-state index is 0.0813. The molecule has 0 fully saturated rings. The lowest BCUT2D eigenvalue weighted by Gasteiger charge is -2.13. The highest BCUT2D eigenvalue weighted by Crippen LogP contribution is 2.16. The Morgan fingerprint density at radius 2 is 2.18 bits per heavy atom. The standard InChI is InChI=1S/C12H18N2O3/c1-9(8-15)14-12(16)13-7-10-5-3-4-6-11(10)17-2/h3-6,9,15H,7-8H2,1-2H3,(H2,13,14,16). The molecule has 5 heteroatoms. The first-order valence-corrected chi connectivity index (χ1v) is 5.44. The SMILES string of the molecule is COc1ccccc1CNC(=O)NC(C)CO. The lowest BCUT2D eigenvalue weighted by atomic mass is 10.2. The van der Waals surface area contributed by atoms with E-state index in [1.165, 1.54) is 0 Å². The summed E-state index contributed by atoms with van der Waals surface area (Å²) in [7, 11) is 1.59. The maximum Gasteiger partial charge on any atom is 0.315 e. The topological polar surface area (TPSA) is 70.6 Å². The van der Waals surface area contributed by atoms with Crippen LogP contribution >= 0.6 is 0 Å². The number of hydrogen-bond donors (Lipinski definition) is 3. The molecule has 5 nitrogen and oxygen atoms in total. The van der Waals surface area contributed by atoms with Crippen molar-refractivity contribution in [3.63, 3.8) is 0 Å². The molecular weight excluding hydrogens is 220 g/mol. The number of urea groups is 1. The number of benzene rings is 1. The first-order valence-electron chi connectivity index (χ1n) is 5.44. The maximum atomic E-state index is 11.4. The van der Waals surface area contributed by atoms with Crippen LogP contribution in [-0.2, 0) is 6.54 Å². The first kappa shape index (κ1) is 13.3. The number of amides is 2. The minimum Gasteiger partial charge on any atom is -0.496 e. The molecule has 3 N–H and O–H groups in total. The van der Waals surface area contributed by atoms with E-state index in [1.54, 1.807) is 14.0 Å². The highest BCUT2D eigenvalue weighted by atomic mass is 16.5. The Labute approximate surface area is 101 Å². The van der Waals surface area contributed by atoms with E-state index in [0.717, 1.165) is 11.3 Å². The highest BCUT2D eigenvalue weighted by molar-refractivity contribution is 5.74. The molecular formula is C12H18N2O3. The molecule has 1 rings (SSSR count). The molecule has 17 heavy (non-hydrogen) atoms. The number of hydrogen-bond acceptors (Lipinski definition) is 3. The third-order valence-electron chi connectivity index (χ3n) is 2.28. The summed E-state index contributed by atoms with van der Waals surface area (Å²) >= 11 is 0. The van der Waals surface area contributed by atoms with Crippen molar-refractivity contribution in [3.05, 3.63) is 29.8 Å². The highest BCUT2D eigenvalue weighted by Gasteiger charge is 2.06. The summed E-state index contributed by atoms with van der Waals surface area (Å²) in [5.41, 5.74) is 0.904. The summed E-state index contributed by atoms with van der Waals surface area (Å²) in [4.78, 5) is 11.4. The van der Waals surface area contributed by atoms with Crippen LogP contribution in [0.25, 0.3) is 0 Å². The zero-order valence-electron chi connectivity index (χ0n) is 10.1. The second kappa shape index (κ2) is 6.75. The normalized spacial score (nSPS) is 11.7. The Hall–Kier alpha value is -1.75. The van der Waals surface area contributed by atoms with E-state index in [2.05, 4.69) is 10.6 Å². The fourth-order valence-electron chi connectivity index (χ4n) is 1.34. The average molecular weight is 238 g/mol. The van der Waals surface area contributed by atoms with Gasteiger partial charge in [-0.1, -0.05) is 18.2 Å². The van der Waals surface area contributed by atoms with Crippen LogP contribution in [0.3, 0.4) is 0 Å². The van der Waals surface area contributed by atoms with Crippen LogP contribution in [-0.4, -0.2) is 30.9 Å². The van der Waals surface area contributed by atoms with E-state index < -0.39 is 0 Å². The molecule has 1 unspecified atom stereocenters. The number of carbonyl (C=O) groups excluding carboxylic acids is 1. The van der Waals surface area contributed by atoms with Crippen molar-refractivity contribution in [3.8, 4) is 5.75 Å². The van der Waals surface area contributed by atoms with E-state index in [9.17, 15) is 4.79 Å². The van der Waals surface area contributed by atoms with Crippen molar-refractivity contribution in [1.82, 2.24) is 10.6 Å². The monoisotopic (exact) mass is 238 g/mol. The summed E-state index contributed by atoms with van der Waals surface area (Å²) in [5.74, 6) is 0.739. The van der Waals surface area contributed by atoms with Gasteiger partial charge in [0.1, 0.15) is 5.75 Å². The Morgan fingerprint density at radius 3 is 2.82 bits per heavy atom. The largest absolute Gasteiger partial charge is 0.496 e. The van der Waals surface area contributed by atoms with E-state index in [4.69, 9.17) is 9.84 Å². The quantitative estimate of drug-likeness (QED) is 0.713. The Kier molecular flexibility index (Phi) is 5.29. The van der Waals surface area contributed by atoms with Crippen molar-refractivity contribution >= 4 is 6.03 Å². The van der Waals surface area contributed by atoms with Crippen molar-refractivity contribution in [2.45, 2.75) is 19.5 Å². The number of ether oxygens (including phenoxy) is 1. The van der Waals surface area contributed by atoms with Gasteiger partial charge >= 0.3 is 6.03 Å². The molecule has 1 aromatic rings. The van der Waals surface area contributed by atoms with Crippen LogP contribution in [0.5, 0.6) is 5.75 Å². The van der Waals surface area contributed by atoms with Gasteiger partial charge in [-0.2, -0.15) is 0 Å². The molecule has 0 spiro atoms. The van der Waals surface area contributed by atoms with Gasteiger partial charge in [-0.3, -0.25) is 0 Å². The van der Waals surface area contributed by atoms with Gasteiger partial charge in [0.05, 0.1) is 19.8 Å². The molecule has 0 bridgehead atoms. The van der Waals surface area contributed by atoms with Crippen molar-refractivity contribution < 1.29 is 14.6 Å². The van der Waals surface area contributed by atoms with Gasteiger partial charge in [0.15, 0.2) is 0 Å². The average Bonchev–Trinajstić information content (AvgIpc) is 2.36. The number of para-hydroxylation sites is 1. The Balaban J connectivity index is 2.47. The lowest BCUT2D eigenvalue weighted by Crippen LogP contribution is -2.41. The van der Waals surface area contributed by atoms with Crippen LogP contribution in [0, 0.1) is 0 Å². The summed E-state index contributed by atoms with van der Waals surface area (Å²) < 4.78 is 5.17. The van der Waals surface area contributed by atoms with Crippen LogP contribution in [0.2, 0.25) is 0 Å². The van der Waals surface area contributed by atoms with Crippen LogP contribution in [0.4, 0.5) is 4.79 Å². The Morgan fingerprint density at radius 1 is 1.47 bits per heavy atom. The number of aliphatic hydroxyl groups is 1. The van der Waals surface area contributed by atoms with Crippen molar-refractivity contribution in [2.75, 3.05) is 13.7 Å². The molecule has 0 aliphatic carbocycles. The lowest BCUT2D eigenvalue weighted by molar-refractivity contribution is 0.220. The maximum absolute atomic E-state index is 11.4. The predicted molar refractivity (Wildman–Crippen MR) is 64.9 cm³/mol. The van der Waals surface area contributed by atoms with E-state index in [1.807, 2.05) is 24.3 Å². The Bertz CT molecular complexity index is 369. The zero-order chi connectivity index (χ0) is 12.7. The van der Waals surface area contributed by atoms with E-state index in [-0.39, 0.29) is 18.7 Å². The van der Waals surface area contributed by atoms with Gasteiger partial charge in [-0.05, 0) is 13.0 Å². The van der Waals surface area contributed by atoms with Crippen LogP contribution in [0.1, 0.15) is 12.5 Å². The molecule has 94 valence electrons. The fourth-order valence-corrected chi connectivity index (χ4v) is 1.34. The fraction of sp³-hybridized carbons (Fsp3) is 0.417. The van der Waals surface area contributed by atoms with Gasteiger partial charge in [-0.15, -0.1) is 0 Å². The van der Waals surface area contributed by atoms with Crippen molar-refractivity contribution in [1.29, 1.82) is 0 Å². The third-order valence-corrected chi connectivity index (χ3v) is 2.28. The van der Waals surface area contributed by atoms with Crippen LogP contribution < -0.4 is 15.4 Å². The molecule has 1 aromatic carbocycles. The van der Waals surface area contributed by atoms with E-state index in [0.29, 0.717) is 6.54 Å². The second-order valence-electron chi connectivity index (χ2n) is 3.72. The molecule has 0 aromatic heterocycles. The van der Waals surface area contributed by atoms with Gasteiger partial charge in [-0.25, -0.2) is 4.79 Å². The molecule has 2 amide bonds. The van der Waals surface area contributed by atoms with Crippen molar-refractivity contribution in [2.24, 2.45) is 0 Å². The molecule has 0 saturated heterocycles. The summed E-state index contributed by atoms with van der Waals surface area (Å²) in [6.45, 7) is 2.03. The van der Waals surface area contributed by atoms with Crippen LogP contribution in [0.15, 0.2) is 24.3 Å². The molecule has 1 atom stereocenters. The van der Waals surface area contributed by atoms with Gasteiger partial charge in [0, 0.05) is 12.1 Å². The minimum atomic E-state index is -0.308. The number of nitrogens with one attached hydrogen (secondary N) is 2. The molecule has 0 aliphatic heterocycles. The molecule has 0 aliphatic rings. The summed E-state index contributed by atoms with van der Waals surface area (Å²) in [6.07, 6.45) is 0. The van der Waals surface area contributed by atoms with Gasteiger partial charge < -0.3 is 20.5 Å². The summed E-state index contributed by atoms with van der Waals surface area (Å²) in [6, 6.07) is 6.91. The number of carbonyl (C=O) groups is 1. The zero-order valence-corrected chi connectivity index (χ0v) is 10.1. The third kappa shape index (κ3) is 4.32. The second-order valence-corrected chi connectivity index (χ2v) is 3.72. The predicted octanol–water partition coefficient (Wildman–Crippen LogP) is 0.875. The number of rotatable bonds is 5. The smallest absolute Gasteiger partial charge is 0.315 e. The molecule has 0 heterocycles. The number of aliphatic hydroxyl groups excluding tert-OH is 1. The molecule has 0 radical (unpaired) electrons. The first-order chi connectivity index (χ1) is 8.17. The van der Waals surface area contributed by atoms with E-state index >= 15 is 0 Å².